The van der Waals surface area contributed by atoms with Crippen molar-refractivity contribution in [2.24, 2.45) is 0 Å². The zero-order valence-electron chi connectivity index (χ0n) is 14.7. The number of nitrogens with zero attached hydrogens (tertiary/aromatic N) is 3. The summed E-state index contributed by atoms with van der Waals surface area (Å²) in [5, 5.41) is 5.54. The van der Waals surface area contributed by atoms with E-state index >= 15 is 0 Å². The van der Waals surface area contributed by atoms with Gasteiger partial charge in [-0.3, -0.25) is 9.78 Å². The van der Waals surface area contributed by atoms with Crippen LogP contribution in [0.2, 0.25) is 0 Å². The maximum atomic E-state index is 12.5. The summed E-state index contributed by atoms with van der Waals surface area (Å²) in [6, 6.07) is 8.31. The van der Waals surface area contributed by atoms with Crippen LogP contribution in [0.1, 0.15) is 21.9 Å². The fourth-order valence-corrected chi connectivity index (χ4v) is 2.36. The van der Waals surface area contributed by atoms with E-state index in [0.717, 1.165) is 0 Å². The normalized spacial score (nSPS) is 10.6. The van der Waals surface area contributed by atoms with Crippen molar-refractivity contribution in [1.82, 2.24) is 20.2 Å². The van der Waals surface area contributed by atoms with Crippen molar-refractivity contribution in [2.75, 3.05) is 19.4 Å². The molecule has 0 fully saturated rings. The molecule has 2 heterocycles. The number of hydrogen-bond acceptors (Lipinski definition) is 5. The molecule has 3 aromatic rings. The molecule has 26 heavy (non-hydrogen) atoms. The minimum atomic E-state index is -0.271. The van der Waals surface area contributed by atoms with Gasteiger partial charge < -0.3 is 20.0 Å². The maximum absolute atomic E-state index is 12.5. The highest BCUT2D eigenvalue weighted by Gasteiger charge is 2.10. The molecule has 2 aromatic heterocycles. The summed E-state index contributed by atoms with van der Waals surface area (Å²) in [5.41, 5.74) is 3.02. The number of pyridine rings is 1. The number of amides is 3. The average molecular weight is 353 g/mol. The number of urea groups is 1. The van der Waals surface area contributed by atoms with E-state index in [2.05, 4.69) is 20.6 Å². The van der Waals surface area contributed by atoms with Gasteiger partial charge in [-0.05, 0) is 30.3 Å². The number of carbonyl (C=O) groups excluding carboxylic acids is 2. The summed E-state index contributed by atoms with van der Waals surface area (Å²) < 4.78 is 5.42. The molecule has 0 atom stereocenters. The molecule has 3 amide bonds. The molecule has 0 unspecified atom stereocenters. The van der Waals surface area contributed by atoms with Crippen molar-refractivity contribution >= 4 is 28.7 Å². The smallest absolute Gasteiger partial charge is 0.317 e. The highest BCUT2D eigenvalue weighted by Crippen LogP contribution is 2.20. The highest BCUT2D eigenvalue weighted by molar-refractivity contribution is 6.04. The number of anilines is 1. The number of oxazole rings is 1. The van der Waals surface area contributed by atoms with Gasteiger partial charge in [-0.2, -0.15) is 0 Å². The van der Waals surface area contributed by atoms with Gasteiger partial charge in [0.2, 0.25) is 0 Å². The number of aryl methyl sites for hydroxylation is 1. The molecule has 8 heteroatoms. The molecule has 1 aromatic carbocycles. The summed E-state index contributed by atoms with van der Waals surface area (Å²) in [6.45, 7) is 2.01. The number of aromatic nitrogens is 2. The van der Waals surface area contributed by atoms with Crippen LogP contribution in [0.25, 0.3) is 11.1 Å². The number of benzene rings is 1. The van der Waals surface area contributed by atoms with E-state index < -0.39 is 0 Å². The van der Waals surface area contributed by atoms with E-state index in [1.165, 1.54) is 11.1 Å². The molecule has 2 N–H and O–H groups in total. The molecule has 0 bridgehead atoms. The molecule has 8 nitrogen and oxygen atoms in total. The van der Waals surface area contributed by atoms with Gasteiger partial charge in [0, 0.05) is 38.5 Å². The molecule has 0 radical (unpaired) electrons. The fourth-order valence-electron chi connectivity index (χ4n) is 2.36. The quantitative estimate of drug-likeness (QED) is 0.751. The summed E-state index contributed by atoms with van der Waals surface area (Å²) >= 11 is 0. The number of rotatable bonds is 4. The second-order valence-electron chi connectivity index (χ2n) is 5.96. The van der Waals surface area contributed by atoms with Crippen molar-refractivity contribution in [2.45, 2.75) is 13.5 Å². The van der Waals surface area contributed by atoms with Crippen molar-refractivity contribution in [3.63, 3.8) is 0 Å². The van der Waals surface area contributed by atoms with E-state index in [0.29, 0.717) is 33.9 Å². The molecule has 0 aliphatic rings. The van der Waals surface area contributed by atoms with Crippen LogP contribution in [0.4, 0.5) is 10.5 Å². The van der Waals surface area contributed by atoms with Crippen LogP contribution >= 0.6 is 0 Å². The summed E-state index contributed by atoms with van der Waals surface area (Å²) in [7, 11) is 3.31. The van der Waals surface area contributed by atoms with Gasteiger partial charge in [0.1, 0.15) is 5.52 Å². The van der Waals surface area contributed by atoms with Crippen LogP contribution in [0.5, 0.6) is 0 Å². The minimum absolute atomic E-state index is 0.224. The first-order valence-electron chi connectivity index (χ1n) is 8.01. The Morgan fingerprint density at radius 3 is 2.77 bits per heavy atom. The summed E-state index contributed by atoms with van der Waals surface area (Å²) in [5.74, 6) is 0.300. The Labute approximate surface area is 150 Å². The molecular formula is C18H19N5O3. The maximum Gasteiger partial charge on any atom is 0.317 e. The fraction of sp³-hybridized carbons (Fsp3) is 0.222. The van der Waals surface area contributed by atoms with E-state index in [-0.39, 0.29) is 18.5 Å². The Morgan fingerprint density at radius 1 is 1.19 bits per heavy atom. The van der Waals surface area contributed by atoms with Gasteiger partial charge in [0.05, 0.1) is 12.2 Å². The lowest BCUT2D eigenvalue weighted by Crippen LogP contribution is -2.34. The zero-order chi connectivity index (χ0) is 18.7. The largest absolute Gasteiger partial charge is 0.441 e. The molecule has 0 saturated heterocycles. The first kappa shape index (κ1) is 17.4. The Hall–Kier alpha value is -3.42. The standard InChI is InChI=1S/C18H19N5O3/c1-11-21-15-9-13(4-5-16(15)26-11)22-17(24)12-6-7-19-14(8-12)10-20-18(25)23(2)3/h4-9H,10H2,1-3H3,(H,20,25)(H,22,24). The van der Waals surface area contributed by atoms with E-state index in [4.69, 9.17) is 4.42 Å². The van der Waals surface area contributed by atoms with Crippen LogP contribution in [0.15, 0.2) is 40.9 Å². The Morgan fingerprint density at radius 2 is 2.00 bits per heavy atom. The van der Waals surface area contributed by atoms with Crippen LogP contribution < -0.4 is 10.6 Å². The van der Waals surface area contributed by atoms with Crippen LogP contribution in [-0.2, 0) is 6.54 Å². The molecule has 0 spiro atoms. The number of hydrogen-bond donors (Lipinski definition) is 2. The topological polar surface area (TPSA) is 100 Å². The third kappa shape index (κ3) is 3.97. The van der Waals surface area contributed by atoms with Gasteiger partial charge >= 0.3 is 6.03 Å². The first-order valence-corrected chi connectivity index (χ1v) is 8.01. The second-order valence-corrected chi connectivity index (χ2v) is 5.96. The summed E-state index contributed by atoms with van der Waals surface area (Å²) in [6.07, 6.45) is 1.54. The SMILES string of the molecule is Cc1nc2cc(NC(=O)c3ccnc(CNC(=O)N(C)C)c3)ccc2o1. The molecule has 3 rings (SSSR count). The number of carbonyl (C=O) groups is 2. The molecule has 0 aliphatic heterocycles. The van der Waals surface area contributed by atoms with Crippen LogP contribution in [0.3, 0.4) is 0 Å². The van der Waals surface area contributed by atoms with Gasteiger partial charge in [-0.15, -0.1) is 0 Å². The molecule has 0 aliphatic carbocycles. The van der Waals surface area contributed by atoms with Gasteiger partial charge in [0.25, 0.3) is 5.91 Å². The monoisotopic (exact) mass is 353 g/mol. The highest BCUT2D eigenvalue weighted by atomic mass is 16.3. The van der Waals surface area contributed by atoms with Gasteiger partial charge in [-0.25, -0.2) is 9.78 Å². The Balaban J connectivity index is 1.70. The van der Waals surface area contributed by atoms with Crippen molar-refractivity contribution < 1.29 is 14.0 Å². The number of nitrogens with one attached hydrogen (secondary N) is 2. The minimum Gasteiger partial charge on any atom is -0.441 e. The predicted molar refractivity (Wildman–Crippen MR) is 96.9 cm³/mol. The molecular weight excluding hydrogens is 334 g/mol. The van der Waals surface area contributed by atoms with E-state index in [1.807, 2.05) is 0 Å². The van der Waals surface area contributed by atoms with Gasteiger partial charge in [-0.1, -0.05) is 0 Å². The third-order valence-electron chi connectivity index (χ3n) is 3.66. The van der Waals surface area contributed by atoms with E-state index in [9.17, 15) is 9.59 Å². The molecule has 134 valence electrons. The average Bonchev–Trinajstić information content (AvgIpc) is 2.99. The van der Waals surface area contributed by atoms with E-state index in [1.54, 1.807) is 51.4 Å². The van der Waals surface area contributed by atoms with Crippen LogP contribution in [-0.4, -0.2) is 40.9 Å². The number of fused-ring (bicyclic) bond motifs is 1. The predicted octanol–water partition coefficient (Wildman–Crippen LogP) is 2.55. The van der Waals surface area contributed by atoms with Crippen molar-refractivity contribution in [1.29, 1.82) is 0 Å². The third-order valence-corrected chi connectivity index (χ3v) is 3.66. The lowest BCUT2D eigenvalue weighted by molar-refractivity contribution is 0.102. The van der Waals surface area contributed by atoms with Crippen molar-refractivity contribution in [3.8, 4) is 0 Å². The van der Waals surface area contributed by atoms with Crippen molar-refractivity contribution in [3.05, 3.63) is 53.7 Å². The zero-order valence-corrected chi connectivity index (χ0v) is 14.7. The van der Waals surface area contributed by atoms with Gasteiger partial charge in [0.15, 0.2) is 11.5 Å². The second kappa shape index (κ2) is 7.22. The van der Waals surface area contributed by atoms with Crippen LogP contribution in [0, 0.1) is 6.92 Å². The lowest BCUT2D eigenvalue weighted by atomic mass is 10.2. The first-order chi connectivity index (χ1) is 12.4. The Bertz CT molecular complexity index is 964. The Kier molecular flexibility index (Phi) is 4.83. The molecule has 0 saturated carbocycles. The summed E-state index contributed by atoms with van der Waals surface area (Å²) in [4.78, 5) is 33.9. The lowest BCUT2D eigenvalue weighted by Gasteiger charge is -2.12.